The molecule has 86 valence electrons. The lowest BCUT2D eigenvalue weighted by molar-refractivity contribution is 0.542. The molecular weight excluding hydrogens is 262 g/mol. The van der Waals surface area contributed by atoms with E-state index in [2.05, 4.69) is 59.2 Å². The van der Waals surface area contributed by atoms with Gasteiger partial charge < -0.3 is 5.32 Å². The molecule has 0 spiro atoms. The highest BCUT2D eigenvalue weighted by molar-refractivity contribution is 9.10. The second-order valence-corrected chi connectivity index (χ2v) is 4.78. The molecular formula is C14H18BrN. The molecule has 2 heteroatoms. The number of rotatable bonds is 5. The zero-order valence-electron chi connectivity index (χ0n) is 9.89. The van der Waals surface area contributed by atoms with E-state index in [0.29, 0.717) is 0 Å². The molecule has 16 heavy (non-hydrogen) atoms. The van der Waals surface area contributed by atoms with Crippen LogP contribution in [0.1, 0.15) is 36.9 Å². The summed E-state index contributed by atoms with van der Waals surface area (Å²) in [6.07, 6.45) is 7.27. The lowest BCUT2D eigenvalue weighted by Crippen LogP contribution is -2.21. The summed E-state index contributed by atoms with van der Waals surface area (Å²) in [6.45, 7) is 5.26. The molecule has 1 N–H and O–H groups in total. The SMILES string of the molecule is C#CCC(NCCC)c1ccc(Br)c(C)c1. The van der Waals surface area contributed by atoms with Crippen molar-refractivity contribution in [1.82, 2.24) is 5.32 Å². The van der Waals surface area contributed by atoms with E-state index >= 15 is 0 Å². The smallest absolute Gasteiger partial charge is 0.0430 e. The molecule has 0 heterocycles. The first-order valence-electron chi connectivity index (χ1n) is 5.62. The molecule has 0 amide bonds. The molecule has 0 fully saturated rings. The van der Waals surface area contributed by atoms with E-state index in [4.69, 9.17) is 6.42 Å². The Hall–Kier alpha value is -0.780. The Balaban J connectivity index is 2.84. The van der Waals surface area contributed by atoms with E-state index in [1.54, 1.807) is 0 Å². The lowest BCUT2D eigenvalue weighted by atomic mass is 10.0. The molecule has 0 saturated heterocycles. The minimum absolute atomic E-state index is 0.275. The van der Waals surface area contributed by atoms with Gasteiger partial charge in [-0.15, -0.1) is 12.3 Å². The molecule has 1 aromatic rings. The summed E-state index contributed by atoms with van der Waals surface area (Å²) in [5, 5.41) is 3.48. The fraction of sp³-hybridized carbons (Fsp3) is 0.429. The van der Waals surface area contributed by atoms with Gasteiger partial charge in [-0.1, -0.05) is 35.0 Å². The molecule has 0 aliphatic heterocycles. The van der Waals surface area contributed by atoms with Gasteiger partial charge in [-0.25, -0.2) is 0 Å². The monoisotopic (exact) mass is 279 g/mol. The van der Waals surface area contributed by atoms with E-state index in [1.807, 2.05) is 0 Å². The van der Waals surface area contributed by atoms with Crippen LogP contribution in [0.5, 0.6) is 0 Å². The van der Waals surface area contributed by atoms with Crippen LogP contribution in [0.25, 0.3) is 0 Å². The topological polar surface area (TPSA) is 12.0 Å². The van der Waals surface area contributed by atoms with Gasteiger partial charge in [-0.3, -0.25) is 0 Å². The Bertz CT molecular complexity index is 379. The highest BCUT2D eigenvalue weighted by Gasteiger charge is 2.09. The minimum Gasteiger partial charge on any atom is -0.309 e. The van der Waals surface area contributed by atoms with Crippen molar-refractivity contribution < 1.29 is 0 Å². The molecule has 0 saturated carbocycles. The largest absolute Gasteiger partial charge is 0.309 e. The average Bonchev–Trinajstić information content (AvgIpc) is 2.28. The molecule has 0 aliphatic rings. The van der Waals surface area contributed by atoms with Crippen LogP contribution in [0.2, 0.25) is 0 Å². The summed E-state index contributed by atoms with van der Waals surface area (Å²) in [5.74, 6) is 2.74. The Kier molecular flexibility index (Phi) is 5.59. The Morgan fingerprint density at radius 2 is 2.25 bits per heavy atom. The van der Waals surface area contributed by atoms with E-state index in [9.17, 15) is 0 Å². The van der Waals surface area contributed by atoms with Gasteiger partial charge in [0.1, 0.15) is 0 Å². The van der Waals surface area contributed by atoms with E-state index in [-0.39, 0.29) is 6.04 Å². The third kappa shape index (κ3) is 3.66. The van der Waals surface area contributed by atoms with E-state index in [0.717, 1.165) is 23.9 Å². The second-order valence-electron chi connectivity index (χ2n) is 3.92. The van der Waals surface area contributed by atoms with Crippen molar-refractivity contribution in [3.63, 3.8) is 0 Å². The highest BCUT2D eigenvalue weighted by Crippen LogP contribution is 2.22. The first-order valence-corrected chi connectivity index (χ1v) is 6.41. The van der Waals surface area contributed by atoms with Crippen LogP contribution in [0.15, 0.2) is 22.7 Å². The third-order valence-electron chi connectivity index (χ3n) is 2.55. The van der Waals surface area contributed by atoms with Crippen LogP contribution in [-0.4, -0.2) is 6.54 Å². The number of terminal acetylenes is 1. The van der Waals surface area contributed by atoms with Crippen LogP contribution in [0.4, 0.5) is 0 Å². The van der Waals surface area contributed by atoms with Crippen LogP contribution >= 0.6 is 15.9 Å². The van der Waals surface area contributed by atoms with Crippen molar-refractivity contribution in [2.75, 3.05) is 6.54 Å². The average molecular weight is 280 g/mol. The molecule has 0 aromatic heterocycles. The summed E-state index contributed by atoms with van der Waals surface area (Å²) >= 11 is 3.51. The number of benzene rings is 1. The highest BCUT2D eigenvalue weighted by atomic mass is 79.9. The van der Waals surface area contributed by atoms with Crippen LogP contribution in [0, 0.1) is 19.3 Å². The van der Waals surface area contributed by atoms with Gasteiger partial charge in [0.15, 0.2) is 0 Å². The summed E-state index contributed by atoms with van der Waals surface area (Å²) in [4.78, 5) is 0. The van der Waals surface area contributed by atoms with Crippen molar-refractivity contribution in [3.05, 3.63) is 33.8 Å². The number of aryl methyl sites for hydroxylation is 1. The zero-order valence-corrected chi connectivity index (χ0v) is 11.5. The van der Waals surface area contributed by atoms with Gasteiger partial charge in [0.25, 0.3) is 0 Å². The standard InChI is InChI=1S/C14H18BrN/c1-4-6-14(16-9-5-2)12-7-8-13(15)11(3)10-12/h1,7-8,10,14,16H,5-6,9H2,2-3H3. The Morgan fingerprint density at radius 1 is 1.50 bits per heavy atom. The maximum absolute atomic E-state index is 5.41. The first-order chi connectivity index (χ1) is 7.69. The fourth-order valence-electron chi connectivity index (χ4n) is 1.63. The van der Waals surface area contributed by atoms with Gasteiger partial charge in [0.05, 0.1) is 0 Å². The minimum atomic E-state index is 0.275. The predicted molar refractivity (Wildman–Crippen MR) is 73.4 cm³/mol. The summed E-state index contributed by atoms with van der Waals surface area (Å²) < 4.78 is 1.14. The van der Waals surface area contributed by atoms with Crippen molar-refractivity contribution in [3.8, 4) is 12.3 Å². The lowest BCUT2D eigenvalue weighted by Gasteiger charge is -2.17. The number of hydrogen-bond donors (Lipinski definition) is 1. The molecule has 1 atom stereocenters. The van der Waals surface area contributed by atoms with Gasteiger partial charge in [0, 0.05) is 16.9 Å². The van der Waals surface area contributed by atoms with Crippen LogP contribution in [0.3, 0.4) is 0 Å². The normalized spacial score (nSPS) is 12.1. The second kappa shape index (κ2) is 6.73. The third-order valence-corrected chi connectivity index (χ3v) is 3.44. The van der Waals surface area contributed by atoms with Crippen molar-refractivity contribution in [1.29, 1.82) is 0 Å². The maximum Gasteiger partial charge on any atom is 0.0430 e. The number of halogens is 1. The van der Waals surface area contributed by atoms with Crippen molar-refractivity contribution >= 4 is 15.9 Å². The molecule has 1 nitrogen and oxygen atoms in total. The Labute approximate surface area is 107 Å². The van der Waals surface area contributed by atoms with Gasteiger partial charge in [-0.05, 0) is 37.1 Å². The summed E-state index contributed by atoms with van der Waals surface area (Å²) in [5.41, 5.74) is 2.52. The van der Waals surface area contributed by atoms with E-state index < -0.39 is 0 Å². The molecule has 0 aliphatic carbocycles. The number of nitrogens with one attached hydrogen (secondary N) is 1. The predicted octanol–water partition coefficient (Wildman–Crippen LogP) is 3.82. The summed E-state index contributed by atoms with van der Waals surface area (Å²) in [6, 6.07) is 6.68. The van der Waals surface area contributed by atoms with Gasteiger partial charge >= 0.3 is 0 Å². The zero-order chi connectivity index (χ0) is 12.0. The van der Waals surface area contributed by atoms with Gasteiger partial charge in [-0.2, -0.15) is 0 Å². The van der Waals surface area contributed by atoms with Gasteiger partial charge in [0.2, 0.25) is 0 Å². The number of hydrogen-bond acceptors (Lipinski definition) is 1. The Morgan fingerprint density at radius 3 is 2.81 bits per heavy atom. The van der Waals surface area contributed by atoms with Crippen molar-refractivity contribution in [2.24, 2.45) is 0 Å². The first kappa shape index (κ1) is 13.3. The summed E-state index contributed by atoms with van der Waals surface area (Å²) in [7, 11) is 0. The maximum atomic E-state index is 5.41. The quantitative estimate of drug-likeness (QED) is 0.808. The van der Waals surface area contributed by atoms with Crippen LogP contribution in [-0.2, 0) is 0 Å². The molecule has 0 radical (unpaired) electrons. The molecule has 0 bridgehead atoms. The molecule has 1 unspecified atom stereocenters. The van der Waals surface area contributed by atoms with E-state index in [1.165, 1.54) is 11.1 Å². The molecule has 1 rings (SSSR count). The fourth-order valence-corrected chi connectivity index (χ4v) is 1.88. The van der Waals surface area contributed by atoms with Crippen molar-refractivity contribution in [2.45, 2.75) is 32.7 Å². The molecule has 1 aromatic carbocycles. The van der Waals surface area contributed by atoms with Crippen LogP contribution < -0.4 is 5.32 Å².